The van der Waals surface area contributed by atoms with E-state index in [-0.39, 0.29) is 17.9 Å². The fourth-order valence-electron chi connectivity index (χ4n) is 4.87. The summed E-state index contributed by atoms with van der Waals surface area (Å²) in [7, 11) is 0. The van der Waals surface area contributed by atoms with Gasteiger partial charge in [-0.2, -0.15) is 0 Å². The molecule has 0 atom stereocenters. The molecule has 3 aliphatic rings. The van der Waals surface area contributed by atoms with Gasteiger partial charge < -0.3 is 9.80 Å². The van der Waals surface area contributed by atoms with E-state index in [4.69, 9.17) is 4.98 Å². The molecule has 0 N–H and O–H groups in total. The van der Waals surface area contributed by atoms with Crippen molar-refractivity contribution in [3.05, 3.63) is 52.9 Å². The van der Waals surface area contributed by atoms with Gasteiger partial charge in [0.05, 0.1) is 12.1 Å². The minimum atomic E-state index is -0.677. The molecule has 32 heavy (non-hydrogen) atoms. The van der Waals surface area contributed by atoms with Crippen LogP contribution >= 0.6 is 0 Å². The third-order valence-electron chi connectivity index (χ3n) is 7.14. The molecule has 5 rings (SSSR count). The van der Waals surface area contributed by atoms with Crippen molar-refractivity contribution in [2.45, 2.75) is 44.6 Å². The van der Waals surface area contributed by atoms with Gasteiger partial charge in [0.15, 0.2) is 0 Å². The molecule has 170 valence electrons. The summed E-state index contributed by atoms with van der Waals surface area (Å²) in [5, 5.41) is 0. The molecule has 1 amide bonds. The molecule has 1 saturated carbocycles. The average molecular weight is 442 g/mol. The second-order valence-electron chi connectivity index (χ2n) is 9.01. The maximum absolute atomic E-state index is 13.9. The summed E-state index contributed by atoms with van der Waals surface area (Å²) >= 11 is 0. The van der Waals surface area contributed by atoms with Crippen molar-refractivity contribution < 1.29 is 13.6 Å². The molecule has 2 aromatic rings. The molecule has 0 bridgehead atoms. The van der Waals surface area contributed by atoms with E-state index in [1.807, 2.05) is 6.20 Å². The maximum atomic E-state index is 13.9. The Morgan fingerprint density at radius 2 is 1.72 bits per heavy atom. The second-order valence-corrected chi connectivity index (χ2v) is 9.01. The Balaban J connectivity index is 1.21. The highest BCUT2D eigenvalue weighted by atomic mass is 19.1. The summed E-state index contributed by atoms with van der Waals surface area (Å²) < 4.78 is 27.9. The number of anilines is 1. The van der Waals surface area contributed by atoms with Gasteiger partial charge in [-0.25, -0.2) is 18.7 Å². The molecule has 1 aromatic carbocycles. The zero-order valence-electron chi connectivity index (χ0n) is 18.3. The number of carbonyl (C=O) groups is 1. The summed E-state index contributed by atoms with van der Waals surface area (Å²) in [5.41, 5.74) is 1.86. The van der Waals surface area contributed by atoms with Crippen molar-refractivity contribution in [2.75, 3.05) is 44.2 Å². The minimum absolute atomic E-state index is 0.164. The minimum Gasteiger partial charge on any atom is -0.342 e. The number of fused-ring (bicyclic) bond motifs is 1. The normalized spacial score (nSPS) is 19.9. The largest absolute Gasteiger partial charge is 0.342 e. The summed E-state index contributed by atoms with van der Waals surface area (Å²) in [6.45, 7) is 4.99. The van der Waals surface area contributed by atoms with Gasteiger partial charge in [0, 0.05) is 63.5 Å². The Hall–Kier alpha value is -2.61. The molecule has 1 aliphatic carbocycles. The van der Waals surface area contributed by atoms with Crippen molar-refractivity contribution in [1.29, 1.82) is 0 Å². The summed E-state index contributed by atoms with van der Waals surface area (Å²) in [4.78, 5) is 28.7. The lowest BCUT2D eigenvalue weighted by Crippen LogP contribution is -2.52. The van der Waals surface area contributed by atoms with Gasteiger partial charge in [0.1, 0.15) is 11.6 Å². The van der Waals surface area contributed by atoms with Crippen LogP contribution in [0.5, 0.6) is 0 Å². The molecule has 0 radical (unpaired) electrons. The number of nitrogens with zero attached hydrogens (tertiary/aromatic N) is 5. The molecule has 2 aliphatic heterocycles. The molecule has 8 heteroatoms. The van der Waals surface area contributed by atoms with Gasteiger partial charge >= 0.3 is 0 Å². The number of rotatable bonds is 4. The number of benzene rings is 1. The van der Waals surface area contributed by atoms with E-state index in [1.54, 1.807) is 4.90 Å². The SMILES string of the molecule is O=C(Cc1c(F)cccc1F)N1CCc2cnc(N3CCN(C4CCC4)CC3)nc2CC1. The second kappa shape index (κ2) is 9.10. The average Bonchev–Trinajstić information content (AvgIpc) is 2.98. The first kappa shape index (κ1) is 21.2. The van der Waals surface area contributed by atoms with Crippen molar-refractivity contribution in [1.82, 2.24) is 19.8 Å². The van der Waals surface area contributed by atoms with Gasteiger partial charge in [-0.3, -0.25) is 9.69 Å². The van der Waals surface area contributed by atoms with E-state index in [2.05, 4.69) is 14.8 Å². The standard InChI is InChI=1S/C24H29F2N5O/c25-20-5-2-6-21(26)19(20)15-23(32)30-9-7-17-16-27-24(28-22(17)8-10-30)31-13-11-29(12-14-31)18-3-1-4-18/h2,5-6,16,18H,1,3-4,7-15H2. The Morgan fingerprint density at radius 1 is 1.00 bits per heavy atom. The fraction of sp³-hybridized carbons (Fsp3) is 0.542. The highest BCUT2D eigenvalue weighted by Gasteiger charge is 2.29. The van der Waals surface area contributed by atoms with Gasteiger partial charge in [-0.15, -0.1) is 0 Å². The van der Waals surface area contributed by atoms with Crippen molar-refractivity contribution >= 4 is 11.9 Å². The van der Waals surface area contributed by atoms with Crippen LogP contribution in [-0.2, 0) is 24.1 Å². The molecule has 1 saturated heterocycles. The molecule has 2 fully saturated rings. The molecule has 0 spiro atoms. The zero-order chi connectivity index (χ0) is 22.1. The van der Waals surface area contributed by atoms with E-state index in [0.717, 1.165) is 49.4 Å². The third-order valence-corrected chi connectivity index (χ3v) is 7.14. The first-order valence-electron chi connectivity index (χ1n) is 11.6. The number of hydrogen-bond acceptors (Lipinski definition) is 5. The van der Waals surface area contributed by atoms with Gasteiger partial charge in [-0.1, -0.05) is 12.5 Å². The van der Waals surface area contributed by atoms with Gasteiger partial charge in [0.25, 0.3) is 0 Å². The van der Waals surface area contributed by atoms with Gasteiger partial charge in [-0.05, 0) is 37.0 Å². The highest BCUT2D eigenvalue weighted by Crippen LogP contribution is 2.26. The summed E-state index contributed by atoms with van der Waals surface area (Å²) in [6, 6.07) is 4.46. The Labute approximate surface area is 187 Å². The molecule has 3 heterocycles. The highest BCUT2D eigenvalue weighted by molar-refractivity contribution is 5.79. The Kier molecular flexibility index (Phi) is 6.04. The topological polar surface area (TPSA) is 52.6 Å². The lowest BCUT2D eigenvalue weighted by Gasteiger charge is -2.43. The van der Waals surface area contributed by atoms with Crippen LogP contribution in [-0.4, -0.2) is 71.0 Å². The van der Waals surface area contributed by atoms with Crippen molar-refractivity contribution in [3.8, 4) is 0 Å². The molecular weight excluding hydrogens is 412 g/mol. The Morgan fingerprint density at radius 3 is 2.41 bits per heavy atom. The monoisotopic (exact) mass is 441 g/mol. The summed E-state index contributed by atoms with van der Waals surface area (Å²) in [5.74, 6) is -0.846. The van der Waals surface area contributed by atoms with Crippen LogP contribution in [0, 0.1) is 11.6 Å². The number of piperazine rings is 1. The number of halogens is 2. The van der Waals surface area contributed by atoms with Crippen LogP contribution in [0.15, 0.2) is 24.4 Å². The first-order chi connectivity index (χ1) is 15.6. The lowest BCUT2D eigenvalue weighted by atomic mass is 9.91. The quantitative estimate of drug-likeness (QED) is 0.730. The smallest absolute Gasteiger partial charge is 0.227 e. The van der Waals surface area contributed by atoms with Crippen molar-refractivity contribution in [2.24, 2.45) is 0 Å². The predicted octanol–water partition coefficient (Wildman–Crippen LogP) is 2.60. The molecule has 1 aromatic heterocycles. The fourth-order valence-corrected chi connectivity index (χ4v) is 4.87. The van der Waals surface area contributed by atoms with Crippen molar-refractivity contribution in [3.63, 3.8) is 0 Å². The first-order valence-corrected chi connectivity index (χ1v) is 11.6. The molecule has 0 unspecified atom stereocenters. The van der Waals surface area contributed by atoms with E-state index in [1.165, 1.54) is 37.5 Å². The third kappa shape index (κ3) is 4.33. The van der Waals surface area contributed by atoms with Crippen LogP contribution in [0.2, 0.25) is 0 Å². The number of carbonyl (C=O) groups excluding carboxylic acids is 1. The number of aromatic nitrogens is 2. The van der Waals surface area contributed by atoms with E-state index < -0.39 is 11.6 Å². The summed E-state index contributed by atoms with van der Waals surface area (Å²) in [6.07, 6.45) is 6.91. The van der Waals surface area contributed by atoms with Crippen LogP contribution in [0.25, 0.3) is 0 Å². The molecule has 6 nitrogen and oxygen atoms in total. The number of amides is 1. The zero-order valence-corrected chi connectivity index (χ0v) is 18.3. The lowest BCUT2D eigenvalue weighted by molar-refractivity contribution is -0.130. The number of hydrogen-bond donors (Lipinski definition) is 0. The molecular formula is C24H29F2N5O. The Bertz CT molecular complexity index is 968. The predicted molar refractivity (Wildman–Crippen MR) is 118 cm³/mol. The van der Waals surface area contributed by atoms with E-state index >= 15 is 0 Å². The van der Waals surface area contributed by atoms with Crippen LogP contribution in [0.4, 0.5) is 14.7 Å². The van der Waals surface area contributed by atoms with E-state index in [9.17, 15) is 13.6 Å². The van der Waals surface area contributed by atoms with Crippen LogP contribution < -0.4 is 4.90 Å². The van der Waals surface area contributed by atoms with Crippen LogP contribution in [0.1, 0.15) is 36.1 Å². The van der Waals surface area contributed by atoms with Gasteiger partial charge in [0.2, 0.25) is 11.9 Å². The van der Waals surface area contributed by atoms with Crippen LogP contribution in [0.3, 0.4) is 0 Å². The maximum Gasteiger partial charge on any atom is 0.227 e. The van der Waals surface area contributed by atoms with E-state index in [0.29, 0.717) is 25.9 Å².